The second-order valence-corrected chi connectivity index (χ2v) is 5.83. The van der Waals surface area contributed by atoms with Gasteiger partial charge in [-0.15, -0.1) is 0 Å². The van der Waals surface area contributed by atoms with Crippen LogP contribution in [0.1, 0.15) is 47.7 Å². The second-order valence-electron chi connectivity index (χ2n) is 5.83. The Labute approximate surface area is 138 Å². The van der Waals surface area contributed by atoms with Crippen LogP contribution in [0.2, 0.25) is 0 Å². The topological polar surface area (TPSA) is 38.3 Å². The molecule has 1 N–H and O–H groups in total. The van der Waals surface area contributed by atoms with E-state index in [-0.39, 0.29) is 5.91 Å². The van der Waals surface area contributed by atoms with Crippen molar-refractivity contribution >= 4 is 11.6 Å². The van der Waals surface area contributed by atoms with E-state index in [1.165, 1.54) is 24.0 Å². The molecule has 3 nitrogen and oxygen atoms in total. The highest BCUT2D eigenvalue weighted by atomic mass is 16.5. The number of carbonyl (C=O) groups excluding carboxylic acids is 1. The number of carbonyl (C=O) groups is 1. The number of aryl methyl sites for hydroxylation is 2. The fraction of sp³-hybridized carbons (Fsp3) is 0.350. The van der Waals surface area contributed by atoms with E-state index in [1.807, 2.05) is 37.3 Å². The normalized spacial score (nSPS) is 10.4. The van der Waals surface area contributed by atoms with Crippen molar-refractivity contribution in [2.24, 2.45) is 0 Å². The lowest BCUT2D eigenvalue weighted by Gasteiger charge is -2.09. The molecule has 0 aliphatic rings. The summed E-state index contributed by atoms with van der Waals surface area (Å²) < 4.78 is 5.66. The molecule has 23 heavy (non-hydrogen) atoms. The molecule has 0 bridgehead atoms. The molecule has 0 aromatic heterocycles. The first-order chi connectivity index (χ1) is 11.1. The number of benzene rings is 2. The van der Waals surface area contributed by atoms with Crippen LogP contribution in [-0.4, -0.2) is 12.5 Å². The molecule has 0 heterocycles. The van der Waals surface area contributed by atoms with Crippen LogP contribution in [0.25, 0.3) is 0 Å². The number of anilines is 1. The zero-order valence-electron chi connectivity index (χ0n) is 14.2. The van der Waals surface area contributed by atoms with E-state index in [1.54, 1.807) is 12.1 Å². The quantitative estimate of drug-likeness (QED) is 0.720. The van der Waals surface area contributed by atoms with Gasteiger partial charge in [-0.1, -0.05) is 25.8 Å². The van der Waals surface area contributed by atoms with Gasteiger partial charge in [-0.2, -0.15) is 0 Å². The maximum atomic E-state index is 12.3. The number of unbranched alkanes of at least 4 members (excludes halogenated alkanes) is 2. The molecule has 122 valence electrons. The smallest absolute Gasteiger partial charge is 0.255 e. The highest BCUT2D eigenvalue weighted by Gasteiger charge is 2.07. The molecule has 2 aromatic rings. The van der Waals surface area contributed by atoms with Gasteiger partial charge in [0.2, 0.25) is 0 Å². The number of rotatable bonds is 7. The zero-order valence-corrected chi connectivity index (χ0v) is 14.2. The van der Waals surface area contributed by atoms with Crippen LogP contribution in [0.5, 0.6) is 5.75 Å². The lowest BCUT2D eigenvalue weighted by Crippen LogP contribution is -2.12. The summed E-state index contributed by atoms with van der Waals surface area (Å²) in [5.74, 6) is 0.703. The first-order valence-electron chi connectivity index (χ1n) is 8.21. The minimum Gasteiger partial charge on any atom is -0.494 e. The molecular formula is C20H25NO2. The minimum absolute atomic E-state index is 0.106. The first kappa shape index (κ1) is 17.1. The Morgan fingerprint density at radius 1 is 1.00 bits per heavy atom. The average molecular weight is 311 g/mol. The van der Waals surface area contributed by atoms with Crippen molar-refractivity contribution < 1.29 is 9.53 Å². The summed E-state index contributed by atoms with van der Waals surface area (Å²) in [6.07, 6.45) is 3.42. The van der Waals surface area contributed by atoms with Crippen LogP contribution < -0.4 is 10.1 Å². The molecule has 2 rings (SSSR count). The van der Waals surface area contributed by atoms with Gasteiger partial charge in [0.05, 0.1) is 6.61 Å². The Morgan fingerprint density at radius 2 is 1.74 bits per heavy atom. The van der Waals surface area contributed by atoms with Crippen molar-refractivity contribution in [2.45, 2.75) is 40.0 Å². The number of hydrogen-bond donors (Lipinski definition) is 1. The van der Waals surface area contributed by atoms with Gasteiger partial charge in [-0.25, -0.2) is 0 Å². The van der Waals surface area contributed by atoms with Crippen molar-refractivity contribution in [3.8, 4) is 5.75 Å². The largest absolute Gasteiger partial charge is 0.494 e. The van der Waals surface area contributed by atoms with Crippen LogP contribution in [-0.2, 0) is 0 Å². The molecule has 3 heteroatoms. The third-order valence-corrected chi connectivity index (χ3v) is 3.90. The fourth-order valence-corrected chi connectivity index (χ4v) is 2.27. The van der Waals surface area contributed by atoms with Gasteiger partial charge in [0.25, 0.3) is 5.91 Å². The van der Waals surface area contributed by atoms with Gasteiger partial charge < -0.3 is 10.1 Å². The molecule has 0 saturated carbocycles. The van der Waals surface area contributed by atoms with Gasteiger partial charge in [-0.3, -0.25) is 4.79 Å². The summed E-state index contributed by atoms with van der Waals surface area (Å²) in [5.41, 5.74) is 3.83. The molecule has 0 unspecified atom stereocenters. The Balaban J connectivity index is 1.93. The minimum atomic E-state index is -0.106. The van der Waals surface area contributed by atoms with Crippen molar-refractivity contribution in [1.29, 1.82) is 0 Å². The summed E-state index contributed by atoms with van der Waals surface area (Å²) in [7, 11) is 0. The lowest BCUT2D eigenvalue weighted by molar-refractivity contribution is 0.102. The van der Waals surface area contributed by atoms with Crippen molar-refractivity contribution in [3.63, 3.8) is 0 Å². The molecule has 0 saturated heterocycles. The first-order valence-corrected chi connectivity index (χ1v) is 8.21. The van der Waals surface area contributed by atoms with Crippen molar-refractivity contribution in [1.82, 2.24) is 0 Å². The van der Waals surface area contributed by atoms with E-state index in [2.05, 4.69) is 19.2 Å². The van der Waals surface area contributed by atoms with E-state index in [9.17, 15) is 4.79 Å². The second kappa shape index (κ2) is 8.37. The highest BCUT2D eigenvalue weighted by molar-refractivity contribution is 6.04. The summed E-state index contributed by atoms with van der Waals surface area (Å²) in [6.45, 7) is 6.99. The van der Waals surface area contributed by atoms with Crippen LogP contribution in [0.4, 0.5) is 5.69 Å². The summed E-state index contributed by atoms with van der Waals surface area (Å²) in [4.78, 5) is 12.3. The van der Waals surface area contributed by atoms with Crippen molar-refractivity contribution in [3.05, 3.63) is 59.2 Å². The third-order valence-electron chi connectivity index (χ3n) is 3.90. The van der Waals surface area contributed by atoms with E-state index >= 15 is 0 Å². The lowest BCUT2D eigenvalue weighted by atomic mass is 10.1. The molecule has 0 radical (unpaired) electrons. The highest BCUT2D eigenvalue weighted by Crippen LogP contribution is 2.17. The van der Waals surface area contributed by atoms with E-state index in [0.29, 0.717) is 5.56 Å². The maximum absolute atomic E-state index is 12.3. The number of hydrogen-bond acceptors (Lipinski definition) is 2. The van der Waals surface area contributed by atoms with Crippen molar-refractivity contribution in [2.75, 3.05) is 11.9 Å². The molecule has 2 aromatic carbocycles. The Morgan fingerprint density at radius 3 is 2.39 bits per heavy atom. The maximum Gasteiger partial charge on any atom is 0.255 e. The summed E-state index contributed by atoms with van der Waals surface area (Å²) in [5, 5.41) is 2.93. The SMILES string of the molecule is CCCCCOc1ccc(C(=O)Nc2ccc(C)c(C)c2)cc1. The Bertz CT molecular complexity index is 647. The average Bonchev–Trinajstić information content (AvgIpc) is 2.55. The zero-order chi connectivity index (χ0) is 16.7. The number of ether oxygens (including phenoxy) is 1. The van der Waals surface area contributed by atoms with Gasteiger partial charge >= 0.3 is 0 Å². The van der Waals surface area contributed by atoms with Crippen LogP contribution >= 0.6 is 0 Å². The standard InChI is InChI=1S/C20H25NO2/c1-4-5-6-13-23-19-11-8-17(9-12-19)20(22)21-18-10-7-15(2)16(3)14-18/h7-12,14H,4-6,13H2,1-3H3,(H,21,22). The van der Waals surface area contributed by atoms with Crippen LogP contribution in [0.3, 0.4) is 0 Å². The van der Waals surface area contributed by atoms with Crippen LogP contribution in [0, 0.1) is 13.8 Å². The molecule has 0 spiro atoms. The predicted molar refractivity (Wildman–Crippen MR) is 95.3 cm³/mol. The van der Waals surface area contributed by atoms with Gasteiger partial charge in [0.1, 0.15) is 5.75 Å². The fourth-order valence-electron chi connectivity index (χ4n) is 2.27. The molecule has 0 aliphatic heterocycles. The summed E-state index contributed by atoms with van der Waals surface area (Å²) >= 11 is 0. The Hall–Kier alpha value is -2.29. The molecule has 0 atom stereocenters. The predicted octanol–water partition coefficient (Wildman–Crippen LogP) is 5.12. The van der Waals surface area contributed by atoms with E-state index in [4.69, 9.17) is 4.74 Å². The van der Waals surface area contributed by atoms with Gasteiger partial charge in [0, 0.05) is 11.3 Å². The summed E-state index contributed by atoms with van der Waals surface area (Å²) in [6, 6.07) is 13.2. The monoisotopic (exact) mass is 311 g/mol. The molecule has 0 fully saturated rings. The molecule has 1 amide bonds. The third kappa shape index (κ3) is 5.13. The van der Waals surface area contributed by atoms with Gasteiger partial charge in [-0.05, 0) is 67.8 Å². The molecular weight excluding hydrogens is 286 g/mol. The number of nitrogens with one attached hydrogen (secondary N) is 1. The number of amides is 1. The van der Waals surface area contributed by atoms with E-state index < -0.39 is 0 Å². The van der Waals surface area contributed by atoms with Crippen LogP contribution in [0.15, 0.2) is 42.5 Å². The van der Waals surface area contributed by atoms with Gasteiger partial charge in [0.15, 0.2) is 0 Å². The Kier molecular flexibility index (Phi) is 6.21. The molecule has 0 aliphatic carbocycles. The van der Waals surface area contributed by atoms with E-state index in [0.717, 1.165) is 24.5 Å².